The Bertz CT molecular complexity index is 270. The molecule has 1 aliphatic heterocycles. The standard InChI is InChI=1S/C14H28N2O/c1-10-7-11(2)12(3)16(9-10)13(17)8-15-14(4,5)6/h10-12,15H,7-9H2,1-6H3. The molecule has 1 N–H and O–H groups in total. The molecule has 0 aromatic carbocycles. The first kappa shape index (κ1) is 14.5. The number of amides is 1. The summed E-state index contributed by atoms with van der Waals surface area (Å²) in [5.41, 5.74) is 0.00587. The lowest BCUT2D eigenvalue weighted by molar-refractivity contribution is -0.136. The normalized spacial score (nSPS) is 30.5. The van der Waals surface area contributed by atoms with Gasteiger partial charge in [-0.05, 0) is 46.0 Å². The van der Waals surface area contributed by atoms with E-state index in [1.165, 1.54) is 6.42 Å². The van der Waals surface area contributed by atoms with Crippen molar-refractivity contribution in [3.8, 4) is 0 Å². The summed E-state index contributed by atoms with van der Waals surface area (Å²) in [4.78, 5) is 14.3. The van der Waals surface area contributed by atoms with Gasteiger partial charge >= 0.3 is 0 Å². The lowest BCUT2D eigenvalue weighted by Gasteiger charge is -2.41. The molecule has 0 bridgehead atoms. The number of rotatable bonds is 2. The highest BCUT2D eigenvalue weighted by atomic mass is 16.2. The number of carbonyl (C=O) groups excluding carboxylic acids is 1. The molecule has 0 aromatic rings. The number of hydrogen-bond acceptors (Lipinski definition) is 2. The molecule has 1 heterocycles. The maximum absolute atomic E-state index is 12.2. The van der Waals surface area contributed by atoms with Gasteiger partial charge in [0.1, 0.15) is 0 Å². The van der Waals surface area contributed by atoms with Crippen LogP contribution in [0.25, 0.3) is 0 Å². The Kier molecular flexibility index (Phi) is 4.59. The summed E-state index contributed by atoms with van der Waals surface area (Å²) >= 11 is 0. The zero-order valence-electron chi connectivity index (χ0n) is 12.2. The van der Waals surface area contributed by atoms with Gasteiger partial charge in [-0.15, -0.1) is 0 Å². The van der Waals surface area contributed by atoms with Crippen molar-refractivity contribution in [3.05, 3.63) is 0 Å². The van der Waals surface area contributed by atoms with Crippen LogP contribution in [0.15, 0.2) is 0 Å². The van der Waals surface area contributed by atoms with E-state index < -0.39 is 0 Å². The molecule has 3 nitrogen and oxygen atoms in total. The van der Waals surface area contributed by atoms with Crippen molar-refractivity contribution in [2.45, 2.75) is 59.5 Å². The van der Waals surface area contributed by atoms with Crippen LogP contribution in [-0.4, -0.2) is 35.5 Å². The van der Waals surface area contributed by atoms with Gasteiger partial charge in [0.2, 0.25) is 5.91 Å². The third-order valence-electron chi connectivity index (χ3n) is 3.69. The van der Waals surface area contributed by atoms with Crippen molar-refractivity contribution in [1.82, 2.24) is 10.2 Å². The lowest BCUT2D eigenvalue weighted by Crippen LogP contribution is -2.53. The van der Waals surface area contributed by atoms with Crippen molar-refractivity contribution in [1.29, 1.82) is 0 Å². The van der Waals surface area contributed by atoms with Crippen LogP contribution in [0.4, 0.5) is 0 Å². The van der Waals surface area contributed by atoms with Gasteiger partial charge in [0, 0.05) is 18.1 Å². The molecule has 1 amide bonds. The Morgan fingerprint density at radius 3 is 2.41 bits per heavy atom. The van der Waals surface area contributed by atoms with E-state index in [0.29, 0.717) is 24.4 Å². The maximum atomic E-state index is 12.2. The topological polar surface area (TPSA) is 32.3 Å². The first-order valence-corrected chi connectivity index (χ1v) is 6.75. The number of piperidine rings is 1. The quantitative estimate of drug-likeness (QED) is 0.803. The van der Waals surface area contributed by atoms with E-state index in [4.69, 9.17) is 0 Å². The molecule has 100 valence electrons. The van der Waals surface area contributed by atoms with Crippen LogP contribution in [0, 0.1) is 11.8 Å². The van der Waals surface area contributed by atoms with E-state index >= 15 is 0 Å². The Hall–Kier alpha value is -0.570. The van der Waals surface area contributed by atoms with Crippen LogP contribution in [0.3, 0.4) is 0 Å². The lowest BCUT2D eigenvalue weighted by atomic mass is 9.86. The highest BCUT2D eigenvalue weighted by Crippen LogP contribution is 2.26. The van der Waals surface area contributed by atoms with Crippen molar-refractivity contribution in [3.63, 3.8) is 0 Å². The van der Waals surface area contributed by atoms with E-state index in [-0.39, 0.29) is 11.4 Å². The second-order valence-electron chi connectivity index (χ2n) is 6.71. The van der Waals surface area contributed by atoms with Crippen LogP contribution < -0.4 is 5.32 Å². The molecule has 0 aromatic heterocycles. The van der Waals surface area contributed by atoms with Gasteiger partial charge in [-0.1, -0.05) is 13.8 Å². The SMILES string of the molecule is CC1CC(C)C(C)N(C(=O)CNC(C)(C)C)C1. The zero-order valence-corrected chi connectivity index (χ0v) is 12.2. The highest BCUT2D eigenvalue weighted by Gasteiger charge is 2.31. The number of nitrogens with one attached hydrogen (secondary N) is 1. The smallest absolute Gasteiger partial charge is 0.236 e. The van der Waals surface area contributed by atoms with Gasteiger partial charge in [0.25, 0.3) is 0 Å². The molecule has 3 unspecified atom stereocenters. The van der Waals surface area contributed by atoms with Crippen molar-refractivity contribution in [2.75, 3.05) is 13.1 Å². The second-order valence-corrected chi connectivity index (χ2v) is 6.71. The first-order chi connectivity index (χ1) is 7.70. The minimum absolute atomic E-state index is 0.00587. The summed E-state index contributed by atoms with van der Waals surface area (Å²) in [5, 5.41) is 3.28. The van der Waals surface area contributed by atoms with E-state index in [1.54, 1.807) is 0 Å². The summed E-state index contributed by atoms with van der Waals surface area (Å²) < 4.78 is 0. The average molecular weight is 240 g/mol. The predicted molar refractivity (Wildman–Crippen MR) is 71.9 cm³/mol. The Morgan fingerprint density at radius 1 is 1.29 bits per heavy atom. The fraction of sp³-hybridized carbons (Fsp3) is 0.929. The van der Waals surface area contributed by atoms with Crippen molar-refractivity contribution in [2.24, 2.45) is 11.8 Å². The molecule has 3 atom stereocenters. The summed E-state index contributed by atoms with van der Waals surface area (Å²) in [6.45, 7) is 14.3. The minimum Gasteiger partial charge on any atom is -0.338 e. The molecule has 0 aliphatic carbocycles. The second kappa shape index (κ2) is 5.38. The summed E-state index contributed by atoms with van der Waals surface area (Å²) in [5.74, 6) is 1.47. The largest absolute Gasteiger partial charge is 0.338 e. The van der Waals surface area contributed by atoms with Gasteiger partial charge in [-0.3, -0.25) is 4.79 Å². The molecule has 17 heavy (non-hydrogen) atoms. The fourth-order valence-corrected chi connectivity index (χ4v) is 2.49. The molecule has 1 aliphatic rings. The number of likely N-dealkylation sites (tertiary alicyclic amines) is 1. The van der Waals surface area contributed by atoms with Crippen molar-refractivity contribution >= 4 is 5.91 Å². The molecular weight excluding hydrogens is 212 g/mol. The average Bonchev–Trinajstić information content (AvgIpc) is 2.19. The van der Waals surface area contributed by atoms with Crippen LogP contribution in [0.5, 0.6) is 0 Å². The molecule has 0 radical (unpaired) electrons. The number of nitrogens with zero attached hydrogens (tertiary/aromatic N) is 1. The monoisotopic (exact) mass is 240 g/mol. The Balaban J connectivity index is 2.55. The summed E-state index contributed by atoms with van der Waals surface area (Å²) in [7, 11) is 0. The van der Waals surface area contributed by atoms with Crippen LogP contribution in [0.1, 0.15) is 48.0 Å². The van der Waals surface area contributed by atoms with Crippen molar-refractivity contribution < 1.29 is 4.79 Å². The minimum atomic E-state index is 0.00587. The molecule has 1 saturated heterocycles. The van der Waals surface area contributed by atoms with Gasteiger partial charge < -0.3 is 10.2 Å². The third kappa shape index (κ3) is 4.30. The molecule has 1 rings (SSSR count). The third-order valence-corrected chi connectivity index (χ3v) is 3.69. The summed E-state index contributed by atoms with van der Waals surface area (Å²) in [6, 6.07) is 0.375. The molecule has 3 heteroatoms. The van der Waals surface area contributed by atoms with Gasteiger partial charge in [-0.2, -0.15) is 0 Å². The first-order valence-electron chi connectivity index (χ1n) is 6.75. The van der Waals surface area contributed by atoms with E-state index in [9.17, 15) is 4.79 Å². The number of carbonyl (C=O) groups is 1. The molecule has 0 saturated carbocycles. The zero-order chi connectivity index (χ0) is 13.2. The molecular formula is C14H28N2O. The Morgan fingerprint density at radius 2 is 1.88 bits per heavy atom. The van der Waals surface area contributed by atoms with E-state index in [1.807, 2.05) is 0 Å². The molecule has 0 spiro atoms. The number of hydrogen-bond donors (Lipinski definition) is 1. The van der Waals surface area contributed by atoms with Crippen LogP contribution in [0.2, 0.25) is 0 Å². The highest BCUT2D eigenvalue weighted by molar-refractivity contribution is 5.78. The molecule has 1 fully saturated rings. The van der Waals surface area contributed by atoms with Crippen LogP contribution >= 0.6 is 0 Å². The predicted octanol–water partition coefficient (Wildman–Crippen LogP) is 2.27. The Labute approximate surface area is 106 Å². The van der Waals surface area contributed by atoms with E-state index in [0.717, 1.165) is 6.54 Å². The fourth-order valence-electron chi connectivity index (χ4n) is 2.49. The van der Waals surface area contributed by atoms with Gasteiger partial charge in [0.15, 0.2) is 0 Å². The van der Waals surface area contributed by atoms with Gasteiger partial charge in [-0.25, -0.2) is 0 Å². The van der Waals surface area contributed by atoms with Gasteiger partial charge in [0.05, 0.1) is 6.54 Å². The summed E-state index contributed by atoms with van der Waals surface area (Å²) in [6.07, 6.45) is 1.23. The van der Waals surface area contributed by atoms with E-state index in [2.05, 4.69) is 51.8 Å². The van der Waals surface area contributed by atoms with Crippen LogP contribution in [-0.2, 0) is 4.79 Å². The maximum Gasteiger partial charge on any atom is 0.236 e.